The summed E-state index contributed by atoms with van der Waals surface area (Å²) in [6, 6.07) is 17.7. The number of hydrogen-bond acceptors (Lipinski definition) is 5. The lowest BCUT2D eigenvalue weighted by atomic mass is 9.98. The molecule has 0 amide bonds. The first kappa shape index (κ1) is 20.6. The molecule has 0 atom stereocenters. The lowest BCUT2D eigenvalue weighted by Gasteiger charge is -2.10. The quantitative estimate of drug-likeness (QED) is 0.357. The summed E-state index contributed by atoms with van der Waals surface area (Å²) in [5.74, 6) is 0.678. The Hall–Kier alpha value is -4.26. The molecule has 4 aromatic heterocycles. The number of benzene rings is 1. The Kier molecular flexibility index (Phi) is 5.68. The molecule has 0 bridgehead atoms. The van der Waals surface area contributed by atoms with E-state index in [1.807, 2.05) is 48.9 Å². The molecule has 1 aromatic carbocycles. The van der Waals surface area contributed by atoms with Gasteiger partial charge in [0, 0.05) is 42.5 Å². The monoisotopic (exact) mass is 439 g/mol. The second-order valence-corrected chi connectivity index (χ2v) is 7.67. The molecule has 0 spiro atoms. The van der Waals surface area contributed by atoms with E-state index in [-0.39, 0.29) is 0 Å². The minimum atomic E-state index is -0.404. The van der Waals surface area contributed by atoms with Gasteiger partial charge in [-0.2, -0.15) is 0 Å². The molecule has 0 aliphatic rings. The average molecular weight is 439 g/mol. The third kappa shape index (κ3) is 4.39. The van der Waals surface area contributed by atoms with Gasteiger partial charge in [0.15, 0.2) is 0 Å². The highest BCUT2D eigenvalue weighted by molar-refractivity contribution is 5.95. The van der Waals surface area contributed by atoms with E-state index in [0.29, 0.717) is 23.8 Å². The van der Waals surface area contributed by atoms with Crippen molar-refractivity contribution in [2.75, 3.05) is 12.4 Å². The number of anilines is 1. The molecule has 0 unspecified atom stereocenters. The number of halogens is 1. The molecular weight excluding hydrogens is 417 g/mol. The lowest BCUT2D eigenvalue weighted by Crippen LogP contribution is -2.05. The highest BCUT2D eigenvalue weighted by Crippen LogP contribution is 2.31. The van der Waals surface area contributed by atoms with Crippen LogP contribution in [0.15, 0.2) is 79.4 Å². The van der Waals surface area contributed by atoms with Crippen molar-refractivity contribution >= 4 is 16.9 Å². The van der Waals surface area contributed by atoms with Crippen LogP contribution in [0.25, 0.3) is 22.2 Å². The second kappa shape index (κ2) is 9.08. The van der Waals surface area contributed by atoms with Crippen LogP contribution in [0, 0.1) is 5.82 Å². The summed E-state index contributed by atoms with van der Waals surface area (Å²) in [5.41, 5.74) is 6.05. The van der Waals surface area contributed by atoms with E-state index >= 15 is 0 Å². The molecule has 5 aromatic rings. The number of nitrogens with one attached hydrogen (secondary N) is 2. The van der Waals surface area contributed by atoms with Gasteiger partial charge >= 0.3 is 0 Å². The Labute approximate surface area is 190 Å². The molecule has 6 nitrogen and oxygen atoms in total. The normalized spacial score (nSPS) is 11.0. The minimum absolute atomic E-state index is 0.356. The molecule has 0 fully saturated rings. The molecule has 0 saturated heterocycles. The van der Waals surface area contributed by atoms with Gasteiger partial charge in [-0.05, 0) is 40.5 Å². The van der Waals surface area contributed by atoms with E-state index in [2.05, 4.69) is 43.5 Å². The number of H-pyrrole nitrogens is 1. The molecule has 0 aliphatic heterocycles. The Morgan fingerprint density at radius 2 is 1.85 bits per heavy atom. The topological polar surface area (TPSA) is 75.7 Å². The van der Waals surface area contributed by atoms with Crippen LogP contribution in [-0.4, -0.2) is 27.0 Å². The number of aromatic amines is 1. The molecule has 0 radical (unpaired) electrons. The second-order valence-electron chi connectivity index (χ2n) is 7.67. The van der Waals surface area contributed by atoms with Crippen molar-refractivity contribution in [3.05, 3.63) is 102 Å². The number of aromatic nitrogens is 4. The van der Waals surface area contributed by atoms with Gasteiger partial charge in [-0.15, -0.1) is 0 Å². The van der Waals surface area contributed by atoms with E-state index < -0.39 is 5.82 Å². The number of nitrogens with zero attached hydrogens (tertiary/aromatic N) is 3. The SMILES string of the molecule is COc1ncc(F)cc1CNc1ccc(Cc2c[nH]c3nccc(-c4ccccc4)c23)cn1. The number of rotatable bonds is 7. The third-order valence-electron chi connectivity index (χ3n) is 5.50. The maximum Gasteiger partial charge on any atom is 0.218 e. The molecule has 33 heavy (non-hydrogen) atoms. The predicted octanol–water partition coefficient (Wildman–Crippen LogP) is 5.37. The fraction of sp³-hybridized carbons (Fsp3) is 0.115. The van der Waals surface area contributed by atoms with Crippen LogP contribution in [0.4, 0.5) is 10.2 Å². The predicted molar refractivity (Wildman–Crippen MR) is 127 cm³/mol. The number of pyridine rings is 3. The number of hydrogen-bond donors (Lipinski definition) is 2. The van der Waals surface area contributed by atoms with Gasteiger partial charge in [-0.25, -0.2) is 19.3 Å². The smallest absolute Gasteiger partial charge is 0.218 e. The van der Waals surface area contributed by atoms with Crippen molar-refractivity contribution in [2.24, 2.45) is 0 Å². The average Bonchev–Trinajstić information content (AvgIpc) is 3.27. The molecule has 2 N–H and O–H groups in total. The van der Waals surface area contributed by atoms with E-state index in [4.69, 9.17) is 4.74 Å². The highest BCUT2D eigenvalue weighted by Gasteiger charge is 2.12. The third-order valence-corrected chi connectivity index (χ3v) is 5.50. The molecule has 4 heterocycles. The van der Waals surface area contributed by atoms with Crippen molar-refractivity contribution in [1.82, 2.24) is 19.9 Å². The zero-order valence-electron chi connectivity index (χ0n) is 18.0. The van der Waals surface area contributed by atoms with Crippen LogP contribution >= 0.6 is 0 Å². The van der Waals surface area contributed by atoms with Gasteiger partial charge in [-0.1, -0.05) is 36.4 Å². The largest absolute Gasteiger partial charge is 0.481 e. The van der Waals surface area contributed by atoms with Crippen LogP contribution in [0.5, 0.6) is 5.88 Å². The van der Waals surface area contributed by atoms with Gasteiger partial charge in [0.25, 0.3) is 0 Å². The number of fused-ring (bicyclic) bond motifs is 1. The lowest BCUT2D eigenvalue weighted by molar-refractivity contribution is 0.391. The van der Waals surface area contributed by atoms with Crippen molar-refractivity contribution in [1.29, 1.82) is 0 Å². The molecule has 0 saturated carbocycles. The molecule has 5 rings (SSSR count). The van der Waals surface area contributed by atoms with Gasteiger partial charge in [0.2, 0.25) is 5.88 Å². The Bertz CT molecular complexity index is 1380. The number of ether oxygens (including phenoxy) is 1. The standard InChI is InChI=1S/C26H22FN5O/c1-33-26-20(12-21(27)16-32-26)15-30-23-8-7-17(13-29-23)11-19-14-31-25-24(19)22(9-10-28-25)18-5-3-2-4-6-18/h2-10,12-14,16H,11,15H2,1H3,(H,28,31)(H,29,30). The maximum atomic E-state index is 13.5. The van der Waals surface area contributed by atoms with Crippen molar-refractivity contribution in [2.45, 2.75) is 13.0 Å². The zero-order valence-corrected chi connectivity index (χ0v) is 18.0. The summed E-state index contributed by atoms with van der Waals surface area (Å²) >= 11 is 0. The van der Waals surface area contributed by atoms with Crippen molar-refractivity contribution in [3.63, 3.8) is 0 Å². The Balaban J connectivity index is 1.35. The Morgan fingerprint density at radius 1 is 0.970 bits per heavy atom. The zero-order chi connectivity index (χ0) is 22.6. The summed E-state index contributed by atoms with van der Waals surface area (Å²) in [6.07, 6.45) is 7.55. The summed E-state index contributed by atoms with van der Waals surface area (Å²) in [4.78, 5) is 16.3. The van der Waals surface area contributed by atoms with Crippen molar-refractivity contribution < 1.29 is 9.13 Å². The molecule has 164 valence electrons. The van der Waals surface area contributed by atoms with Gasteiger partial charge in [0.05, 0.1) is 13.3 Å². The highest BCUT2D eigenvalue weighted by atomic mass is 19.1. The van der Waals surface area contributed by atoms with Crippen LogP contribution in [0.3, 0.4) is 0 Å². The summed E-state index contributed by atoms with van der Waals surface area (Å²) in [5, 5.41) is 4.32. The van der Waals surface area contributed by atoms with Crippen LogP contribution in [-0.2, 0) is 13.0 Å². The first-order valence-electron chi connectivity index (χ1n) is 10.6. The van der Waals surface area contributed by atoms with Gasteiger partial charge < -0.3 is 15.0 Å². The van der Waals surface area contributed by atoms with Crippen LogP contribution in [0.1, 0.15) is 16.7 Å². The van der Waals surface area contributed by atoms with Crippen molar-refractivity contribution in [3.8, 4) is 17.0 Å². The van der Waals surface area contributed by atoms with E-state index in [1.165, 1.54) is 13.2 Å². The first-order valence-corrected chi connectivity index (χ1v) is 10.6. The van der Waals surface area contributed by atoms with Crippen LogP contribution < -0.4 is 10.1 Å². The van der Waals surface area contributed by atoms with E-state index in [9.17, 15) is 4.39 Å². The number of methoxy groups -OCH3 is 1. The molecule has 0 aliphatic carbocycles. The van der Waals surface area contributed by atoms with Gasteiger partial charge in [0.1, 0.15) is 17.3 Å². The summed E-state index contributed by atoms with van der Waals surface area (Å²) in [6.45, 7) is 0.356. The molecular formula is C26H22FN5O. The summed E-state index contributed by atoms with van der Waals surface area (Å²) in [7, 11) is 1.51. The fourth-order valence-electron chi connectivity index (χ4n) is 3.94. The van der Waals surface area contributed by atoms with Crippen LogP contribution in [0.2, 0.25) is 0 Å². The Morgan fingerprint density at radius 3 is 2.64 bits per heavy atom. The molecule has 7 heteroatoms. The minimum Gasteiger partial charge on any atom is -0.481 e. The van der Waals surface area contributed by atoms with E-state index in [1.54, 1.807) is 0 Å². The van der Waals surface area contributed by atoms with E-state index in [0.717, 1.165) is 45.9 Å². The first-order chi connectivity index (χ1) is 16.2. The van der Waals surface area contributed by atoms with Gasteiger partial charge in [-0.3, -0.25) is 0 Å². The maximum absolute atomic E-state index is 13.5. The fourth-order valence-corrected chi connectivity index (χ4v) is 3.94. The summed E-state index contributed by atoms with van der Waals surface area (Å²) < 4.78 is 18.7.